The quantitative estimate of drug-likeness (QED) is 0.717. The Hall–Kier alpha value is -1.40. The van der Waals surface area contributed by atoms with Crippen LogP contribution in [0, 0.1) is 0 Å². The van der Waals surface area contributed by atoms with Gasteiger partial charge in [0.1, 0.15) is 6.23 Å². The number of hydrogen-bond donors (Lipinski definition) is 2. The van der Waals surface area contributed by atoms with Crippen LogP contribution in [0.3, 0.4) is 0 Å². The van der Waals surface area contributed by atoms with Gasteiger partial charge in [0.2, 0.25) is 0 Å². The number of aryl methyl sites for hydroxylation is 1. The fraction of sp³-hybridized carbons (Fsp3) is 0.636. The Kier molecular flexibility index (Phi) is 3.17. The molecule has 0 radical (unpaired) electrons. The summed E-state index contributed by atoms with van der Waals surface area (Å²) in [6, 6.07) is 0.106. The van der Waals surface area contributed by atoms with E-state index in [0.717, 1.165) is 5.56 Å². The third kappa shape index (κ3) is 2.05. The van der Waals surface area contributed by atoms with Gasteiger partial charge in [-0.1, -0.05) is 0 Å². The molecule has 0 amide bonds. The van der Waals surface area contributed by atoms with Crippen molar-refractivity contribution in [2.45, 2.75) is 32.5 Å². The Labute approximate surface area is 99.6 Å². The maximum Gasteiger partial charge on any atom is 0.359 e. The number of carbonyl (C=O) groups is 1. The largest absolute Gasteiger partial charge is 0.461 e. The van der Waals surface area contributed by atoms with Crippen molar-refractivity contribution in [3.05, 3.63) is 17.0 Å². The highest BCUT2D eigenvalue weighted by Gasteiger charge is 2.31. The van der Waals surface area contributed by atoms with Crippen LogP contribution < -0.4 is 5.32 Å². The van der Waals surface area contributed by atoms with Crippen LogP contribution in [-0.4, -0.2) is 33.5 Å². The number of aromatic nitrogens is 2. The molecule has 2 N–H and O–H groups in total. The molecule has 0 aliphatic carbocycles. The van der Waals surface area contributed by atoms with Crippen molar-refractivity contribution in [1.82, 2.24) is 15.1 Å². The summed E-state index contributed by atoms with van der Waals surface area (Å²) < 4.78 is 6.49. The summed E-state index contributed by atoms with van der Waals surface area (Å²) in [5.41, 5.74) is 1.74. The van der Waals surface area contributed by atoms with Crippen molar-refractivity contribution in [2.24, 2.45) is 7.05 Å². The Morgan fingerprint density at radius 3 is 3.06 bits per heavy atom. The molecule has 17 heavy (non-hydrogen) atoms. The average molecular weight is 239 g/mol. The number of nitrogens with zero attached hydrogens (tertiary/aromatic N) is 2. The van der Waals surface area contributed by atoms with Crippen LogP contribution in [0.4, 0.5) is 0 Å². The third-order valence-corrected chi connectivity index (χ3v) is 2.87. The molecule has 2 atom stereocenters. The van der Waals surface area contributed by atoms with Gasteiger partial charge in [-0.2, -0.15) is 5.10 Å². The van der Waals surface area contributed by atoms with Crippen LogP contribution in [0.15, 0.2) is 0 Å². The molecule has 0 saturated heterocycles. The summed E-state index contributed by atoms with van der Waals surface area (Å²) in [6.07, 6.45) is -0.122. The zero-order chi connectivity index (χ0) is 12.6. The summed E-state index contributed by atoms with van der Waals surface area (Å²) in [5, 5.41) is 17.1. The predicted octanol–water partition coefficient (Wildman–Crippen LogP) is 0.122. The third-order valence-electron chi connectivity index (χ3n) is 2.87. The van der Waals surface area contributed by atoms with E-state index in [2.05, 4.69) is 10.4 Å². The van der Waals surface area contributed by atoms with Gasteiger partial charge in [-0.3, -0.25) is 10.00 Å². The summed E-state index contributed by atoms with van der Waals surface area (Å²) >= 11 is 0. The first-order valence-electron chi connectivity index (χ1n) is 5.71. The van der Waals surface area contributed by atoms with E-state index < -0.39 is 12.2 Å². The molecule has 1 aliphatic rings. The second kappa shape index (κ2) is 4.46. The number of hydrogen-bond acceptors (Lipinski definition) is 5. The van der Waals surface area contributed by atoms with Gasteiger partial charge in [0.15, 0.2) is 5.69 Å². The number of aliphatic hydroxyl groups is 1. The molecule has 0 bridgehead atoms. The molecule has 0 saturated carbocycles. The summed E-state index contributed by atoms with van der Waals surface area (Å²) in [6.45, 7) is 4.03. The number of fused-ring (bicyclic) bond motifs is 1. The lowest BCUT2D eigenvalue weighted by Crippen LogP contribution is -2.38. The first kappa shape index (κ1) is 12.1. The van der Waals surface area contributed by atoms with E-state index in [1.807, 2.05) is 6.92 Å². The highest BCUT2D eigenvalue weighted by molar-refractivity contribution is 5.89. The fourth-order valence-corrected chi connectivity index (χ4v) is 2.20. The van der Waals surface area contributed by atoms with Gasteiger partial charge in [0.05, 0.1) is 12.3 Å². The van der Waals surface area contributed by atoms with E-state index in [-0.39, 0.29) is 6.04 Å². The molecule has 2 unspecified atom stereocenters. The lowest BCUT2D eigenvalue weighted by atomic mass is 9.99. The second-order valence-electron chi connectivity index (χ2n) is 4.23. The Bertz CT molecular complexity index is 441. The molecule has 6 heteroatoms. The Morgan fingerprint density at radius 2 is 2.41 bits per heavy atom. The normalized spacial score (nSPS) is 23.3. The second-order valence-corrected chi connectivity index (χ2v) is 4.23. The smallest absolute Gasteiger partial charge is 0.359 e. The summed E-state index contributed by atoms with van der Waals surface area (Å²) in [7, 11) is 1.71. The van der Waals surface area contributed by atoms with Crippen LogP contribution in [0.5, 0.6) is 0 Å². The molecule has 2 heterocycles. The minimum atomic E-state index is -0.783. The zero-order valence-corrected chi connectivity index (χ0v) is 10.2. The number of rotatable bonds is 2. The first-order valence-corrected chi connectivity index (χ1v) is 5.71. The predicted molar refractivity (Wildman–Crippen MR) is 60.4 cm³/mol. The van der Waals surface area contributed by atoms with E-state index >= 15 is 0 Å². The van der Waals surface area contributed by atoms with Crippen molar-refractivity contribution in [2.75, 3.05) is 6.61 Å². The van der Waals surface area contributed by atoms with Crippen LogP contribution in [0.2, 0.25) is 0 Å². The van der Waals surface area contributed by atoms with Crippen molar-refractivity contribution >= 4 is 5.97 Å². The van der Waals surface area contributed by atoms with Gasteiger partial charge in [0, 0.05) is 18.7 Å². The summed E-state index contributed by atoms with van der Waals surface area (Å²) in [4.78, 5) is 11.7. The molecule has 0 spiro atoms. The maximum atomic E-state index is 11.7. The number of carbonyl (C=O) groups excluding carboxylic acids is 1. The molecule has 1 aromatic heterocycles. The molecule has 0 fully saturated rings. The van der Waals surface area contributed by atoms with Crippen molar-refractivity contribution in [3.63, 3.8) is 0 Å². The molecule has 2 rings (SSSR count). The number of esters is 1. The molecular weight excluding hydrogens is 222 g/mol. The average Bonchev–Trinajstić information content (AvgIpc) is 2.56. The van der Waals surface area contributed by atoms with E-state index in [1.54, 1.807) is 14.0 Å². The monoisotopic (exact) mass is 239 g/mol. The van der Waals surface area contributed by atoms with Gasteiger partial charge in [-0.15, -0.1) is 0 Å². The number of nitrogens with one attached hydrogen (secondary N) is 1. The van der Waals surface area contributed by atoms with Crippen molar-refractivity contribution < 1.29 is 14.6 Å². The fourth-order valence-electron chi connectivity index (χ4n) is 2.20. The number of aliphatic hydroxyl groups excluding tert-OH is 1. The standard InChI is InChI=1S/C11H17N3O3/c1-4-17-11(16)8-7-5-6(2)12-10(15)9(7)14(3)13-8/h6,10,12,15H,4-5H2,1-3H3. The van der Waals surface area contributed by atoms with E-state index in [1.165, 1.54) is 4.68 Å². The van der Waals surface area contributed by atoms with E-state index in [4.69, 9.17) is 4.74 Å². The molecule has 94 valence electrons. The van der Waals surface area contributed by atoms with E-state index in [0.29, 0.717) is 24.4 Å². The Morgan fingerprint density at radius 1 is 1.71 bits per heavy atom. The molecular formula is C11H17N3O3. The van der Waals surface area contributed by atoms with Gasteiger partial charge in [0.25, 0.3) is 0 Å². The lowest BCUT2D eigenvalue weighted by Gasteiger charge is -2.26. The molecule has 1 aliphatic heterocycles. The molecule has 1 aromatic rings. The van der Waals surface area contributed by atoms with Gasteiger partial charge < -0.3 is 9.84 Å². The Balaban J connectivity index is 2.43. The molecule has 6 nitrogen and oxygen atoms in total. The van der Waals surface area contributed by atoms with Gasteiger partial charge >= 0.3 is 5.97 Å². The van der Waals surface area contributed by atoms with Crippen molar-refractivity contribution in [3.8, 4) is 0 Å². The van der Waals surface area contributed by atoms with Crippen LogP contribution in [0.1, 0.15) is 41.8 Å². The van der Waals surface area contributed by atoms with Gasteiger partial charge in [-0.05, 0) is 20.3 Å². The first-order chi connectivity index (χ1) is 8.04. The van der Waals surface area contributed by atoms with Crippen LogP contribution in [-0.2, 0) is 18.2 Å². The van der Waals surface area contributed by atoms with Gasteiger partial charge in [-0.25, -0.2) is 4.79 Å². The summed E-state index contributed by atoms with van der Waals surface area (Å²) in [5.74, 6) is -0.425. The highest BCUT2D eigenvalue weighted by atomic mass is 16.5. The SMILES string of the molecule is CCOC(=O)c1nn(C)c2c1CC(C)NC2O. The topological polar surface area (TPSA) is 76.4 Å². The minimum absolute atomic E-state index is 0.106. The minimum Gasteiger partial charge on any atom is -0.461 e. The van der Waals surface area contributed by atoms with E-state index in [9.17, 15) is 9.90 Å². The van der Waals surface area contributed by atoms with Crippen LogP contribution >= 0.6 is 0 Å². The van der Waals surface area contributed by atoms with Crippen LogP contribution in [0.25, 0.3) is 0 Å². The van der Waals surface area contributed by atoms with Crippen molar-refractivity contribution in [1.29, 1.82) is 0 Å². The maximum absolute atomic E-state index is 11.7. The lowest BCUT2D eigenvalue weighted by molar-refractivity contribution is 0.0517. The molecule has 0 aromatic carbocycles. The zero-order valence-electron chi connectivity index (χ0n) is 10.2. The highest BCUT2D eigenvalue weighted by Crippen LogP contribution is 2.26. The number of ether oxygens (including phenoxy) is 1.